The van der Waals surface area contributed by atoms with Gasteiger partial charge >= 0.3 is 0 Å². The molecule has 0 atom stereocenters. The molecule has 3 aromatic carbocycles. The molecule has 0 heterocycles. The fraction of sp³-hybridized carbons (Fsp3) is 0.0952. The average molecular weight is 385 g/mol. The Hall–Kier alpha value is -3.05. The van der Waals surface area contributed by atoms with Gasteiger partial charge in [0.05, 0.1) is 24.0 Å². The monoisotopic (exact) mass is 384 g/mol. The molecule has 0 saturated carbocycles. The van der Waals surface area contributed by atoms with Gasteiger partial charge in [-0.05, 0) is 48.0 Å². The Kier molecular flexibility index (Phi) is 6.28. The summed E-state index contributed by atoms with van der Waals surface area (Å²) >= 11 is 6.03. The first-order chi connectivity index (χ1) is 13.2. The van der Waals surface area contributed by atoms with E-state index in [1.807, 2.05) is 36.4 Å². The first kappa shape index (κ1) is 18.7. The minimum Gasteiger partial charge on any atom is -0.493 e. The molecule has 3 rings (SSSR count). The summed E-state index contributed by atoms with van der Waals surface area (Å²) in [7, 11) is 1.54. The van der Waals surface area contributed by atoms with Crippen molar-refractivity contribution in [2.75, 3.05) is 12.5 Å². The second kappa shape index (κ2) is 9.05. The lowest BCUT2D eigenvalue weighted by Crippen LogP contribution is -2.01. The Morgan fingerprint density at radius 1 is 1.04 bits per heavy atom. The van der Waals surface area contributed by atoms with Gasteiger partial charge in [-0.3, -0.25) is 5.43 Å². The molecule has 0 spiro atoms. The number of hydrazone groups is 1. The lowest BCUT2D eigenvalue weighted by molar-refractivity contribution is 0.280. The highest BCUT2D eigenvalue weighted by molar-refractivity contribution is 6.31. The summed E-state index contributed by atoms with van der Waals surface area (Å²) in [6.45, 7) is 0.00483. The Morgan fingerprint density at radius 3 is 2.59 bits per heavy atom. The van der Waals surface area contributed by atoms with Crippen molar-refractivity contribution < 1.29 is 13.9 Å². The molecule has 3 aromatic rings. The average Bonchev–Trinajstić information content (AvgIpc) is 2.69. The lowest BCUT2D eigenvalue weighted by atomic mass is 10.2. The van der Waals surface area contributed by atoms with Crippen molar-refractivity contribution in [2.24, 2.45) is 5.10 Å². The van der Waals surface area contributed by atoms with Crippen molar-refractivity contribution in [3.05, 3.63) is 88.7 Å². The molecule has 0 amide bonds. The van der Waals surface area contributed by atoms with Crippen LogP contribution in [0.15, 0.2) is 71.8 Å². The molecular formula is C21H18ClFN2O2. The molecular weight excluding hydrogens is 367 g/mol. The van der Waals surface area contributed by atoms with E-state index in [0.717, 1.165) is 11.3 Å². The SMILES string of the molecule is COc1cc(/C=N/Nc2ccccc2)ccc1OCc1c(F)cccc1Cl. The third kappa shape index (κ3) is 4.99. The standard InChI is InChI=1S/C21H18ClFN2O2/c1-26-21-12-15(13-24-25-16-6-3-2-4-7-16)10-11-20(21)27-14-17-18(22)8-5-9-19(17)23/h2-13,25H,14H2,1H3/b24-13+. The molecule has 138 valence electrons. The van der Waals surface area contributed by atoms with Crippen LogP contribution >= 0.6 is 11.6 Å². The maximum Gasteiger partial charge on any atom is 0.161 e. The Bertz CT molecular complexity index is 912. The number of nitrogens with one attached hydrogen (secondary N) is 1. The van der Waals surface area contributed by atoms with Crippen LogP contribution in [0.2, 0.25) is 5.02 Å². The molecule has 0 aromatic heterocycles. The highest BCUT2D eigenvalue weighted by atomic mass is 35.5. The number of rotatable bonds is 7. The molecule has 0 aliphatic rings. The molecule has 0 saturated heterocycles. The van der Waals surface area contributed by atoms with Crippen LogP contribution in [-0.4, -0.2) is 13.3 Å². The van der Waals surface area contributed by atoms with Crippen LogP contribution in [0.5, 0.6) is 11.5 Å². The number of methoxy groups -OCH3 is 1. The Balaban J connectivity index is 1.69. The van der Waals surface area contributed by atoms with Crippen molar-refractivity contribution in [1.82, 2.24) is 0 Å². The third-order valence-corrected chi connectivity index (χ3v) is 4.16. The van der Waals surface area contributed by atoms with Crippen molar-refractivity contribution >= 4 is 23.5 Å². The van der Waals surface area contributed by atoms with E-state index in [-0.39, 0.29) is 6.61 Å². The van der Waals surface area contributed by atoms with Gasteiger partial charge in [-0.25, -0.2) is 4.39 Å². The number of hydrogen-bond donors (Lipinski definition) is 1. The highest BCUT2D eigenvalue weighted by Gasteiger charge is 2.10. The summed E-state index contributed by atoms with van der Waals surface area (Å²) in [4.78, 5) is 0. The van der Waals surface area contributed by atoms with Gasteiger partial charge in [0, 0.05) is 5.56 Å². The molecule has 0 fully saturated rings. The fourth-order valence-electron chi connectivity index (χ4n) is 2.40. The zero-order valence-corrected chi connectivity index (χ0v) is 15.4. The van der Waals surface area contributed by atoms with Gasteiger partial charge in [-0.15, -0.1) is 0 Å². The highest BCUT2D eigenvalue weighted by Crippen LogP contribution is 2.29. The molecule has 6 heteroatoms. The van der Waals surface area contributed by atoms with Crippen molar-refractivity contribution in [3.63, 3.8) is 0 Å². The van der Waals surface area contributed by atoms with Gasteiger partial charge < -0.3 is 9.47 Å². The van der Waals surface area contributed by atoms with E-state index < -0.39 is 5.82 Å². The van der Waals surface area contributed by atoms with Gasteiger partial charge in [0.25, 0.3) is 0 Å². The number of benzene rings is 3. The van der Waals surface area contributed by atoms with Crippen LogP contribution in [0.1, 0.15) is 11.1 Å². The van der Waals surface area contributed by atoms with E-state index >= 15 is 0 Å². The van der Waals surface area contributed by atoms with Crippen molar-refractivity contribution in [1.29, 1.82) is 0 Å². The van der Waals surface area contributed by atoms with Crippen LogP contribution < -0.4 is 14.9 Å². The summed E-state index contributed by atoms with van der Waals surface area (Å²) < 4.78 is 24.9. The van der Waals surface area contributed by atoms with Gasteiger partial charge in [0.15, 0.2) is 11.5 Å². The zero-order valence-electron chi connectivity index (χ0n) is 14.7. The van der Waals surface area contributed by atoms with Crippen LogP contribution in [0.3, 0.4) is 0 Å². The van der Waals surface area contributed by atoms with E-state index in [2.05, 4.69) is 10.5 Å². The number of para-hydroxylation sites is 1. The van der Waals surface area contributed by atoms with E-state index in [4.69, 9.17) is 21.1 Å². The number of hydrogen-bond acceptors (Lipinski definition) is 4. The molecule has 4 nitrogen and oxygen atoms in total. The van der Waals surface area contributed by atoms with Crippen LogP contribution in [-0.2, 0) is 6.61 Å². The van der Waals surface area contributed by atoms with Crippen LogP contribution in [0.4, 0.5) is 10.1 Å². The summed E-state index contributed by atoms with van der Waals surface area (Å²) in [5.74, 6) is 0.605. The van der Waals surface area contributed by atoms with Gasteiger partial charge in [0.2, 0.25) is 0 Å². The van der Waals surface area contributed by atoms with Gasteiger partial charge in [-0.1, -0.05) is 35.9 Å². The number of ether oxygens (including phenoxy) is 2. The quantitative estimate of drug-likeness (QED) is 0.431. The first-order valence-corrected chi connectivity index (χ1v) is 8.63. The molecule has 1 N–H and O–H groups in total. The minimum absolute atomic E-state index is 0.00483. The van der Waals surface area contributed by atoms with E-state index in [1.165, 1.54) is 6.07 Å². The second-order valence-corrected chi connectivity index (χ2v) is 6.04. The second-order valence-electron chi connectivity index (χ2n) is 5.64. The van der Waals surface area contributed by atoms with E-state index in [9.17, 15) is 4.39 Å². The minimum atomic E-state index is -0.405. The molecule has 0 aliphatic carbocycles. The van der Waals surface area contributed by atoms with Crippen molar-refractivity contribution in [3.8, 4) is 11.5 Å². The Labute approximate surface area is 162 Å². The van der Waals surface area contributed by atoms with Crippen molar-refractivity contribution in [2.45, 2.75) is 6.61 Å². The van der Waals surface area contributed by atoms with Crippen LogP contribution in [0.25, 0.3) is 0 Å². The van der Waals surface area contributed by atoms with Gasteiger partial charge in [0.1, 0.15) is 12.4 Å². The molecule has 0 aliphatic heterocycles. The maximum atomic E-state index is 13.9. The van der Waals surface area contributed by atoms with Crippen LogP contribution in [0, 0.1) is 5.82 Å². The third-order valence-electron chi connectivity index (χ3n) is 3.80. The lowest BCUT2D eigenvalue weighted by Gasteiger charge is -2.12. The number of anilines is 1. The predicted octanol–water partition coefficient (Wildman–Crippen LogP) is 5.51. The summed E-state index contributed by atoms with van der Waals surface area (Å²) in [6, 6.07) is 19.5. The molecule has 0 radical (unpaired) electrons. The first-order valence-electron chi connectivity index (χ1n) is 8.25. The molecule has 27 heavy (non-hydrogen) atoms. The smallest absolute Gasteiger partial charge is 0.161 e. The number of halogens is 2. The number of nitrogens with zero attached hydrogens (tertiary/aromatic N) is 1. The summed E-state index contributed by atoms with van der Waals surface area (Å²) in [5, 5.41) is 4.52. The maximum absolute atomic E-state index is 13.9. The molecule has 0 bridgehead atoms. The van der Waals surface area contributed by atoms with E-state index in [1.54, 1.807) is 37.6 Å². The van der Waals surface area contributed by atoms with Gasteiger partial charge in [-0.2, -0.15) is 5.10 Å². The molecule has 0 unspecified atom stereocenters. The Morgan fingerprint density at radius 2 is 1.85 bits per heavy atom. The predicted molar refractivity (Wildman–Crippen MR) is 106 cm³/mol. The summed E-state index contributed by atoms with van der Waals surface area (Å²) in [5.41, 5.74) is 4.97. The topological polar surface area (TPSA) is 42.8 Å². The van der Waals surface area contributed by atoms with E-state index in [0.29, 0.717) is 22.1 Å². The largest absolute Gasteiger partial charge is 0.493 e. The fourth-order valence-corrected chi connectivity index (χ4v) is 2.62. The zero-order chi connectivity index (χ0) is 19.1. The normalized spacial score (nSPS) is 10.8. The summed E-state index contributed by atoms with van der Waals surface area (Å²) in [6.07, 6.45) is 1.67.